The van der Waals surface area contributed by atoms with Crippen molar-refractivity contribution in [2.45, 2.75) is 26.2 Å². The fourth-order valence-electron chi connectivity index (χ4n) is 1.94. The molecular weight excluding hydrogens is 160 g/mol. The van der Waals surface area contributed by atoms with Crippen molar-refractivity contribution in [3.8, 4) is 0 Å². The van der Waals surface area contributed by atoms with E-state index in [9.17, 15) is 4.79 Å². The molecule has 68 valence electrons. The summed E-state index contributed by atoms with van der Waals surface area (Å²) < 4.78 is 0. The molecule has 0 N–H and O–H groups in total. The molecule has 0 radical (unpaired) electrons. The third kappa shape index (κ3) is 1.64. The molecule has 0 bridgehead atoms. The van der Waals surface area contributed by atoms with Gasteiger partial charge >= 0.3 is 0 Å². The number of hydrogen-bond acceptors (Lipinski definition) is 1. The average molecular weight is 174 g/mol. The van der Waals surface area contributed by atoms with Gasteiger partial charge in [-0.1, -0.05) is 31.2 Å². The number of ketones is 1. The summed E-state index contributed by atoms with van der Waals surface area (Å²) in [4.78, 5) is 11.7. The zero-order valence-corrected chi connectivity index (χ0v) is 7.92. The van der Waals surface area contributed by atoms with Crippen LogP contribution in [0.25, 0.3) is 0 Å². The summed E-state index contributed by atoms with van der Waals surface area (Å²) in [6, 6.07) is 8.00. The molecule has 2 rings (SSSR count). The van der Waals surface area contributed by atoms with Gasteiger partial charge in [-0.15, -0.1) is 0 Å². The summed E-state index contributed by atoms with van der Waals surface area (Å²) in [6.07, 6.45) is 2.92. The Morgan fingerprint density at radius 1 is 1.31 bits per heavy atom. The van der Waals surface area contributed by atoms with Crippen LogP contribution in [-0.2, 0) is 6.42 Å². The Morgan fingerprint density at radius 2 is 2.08 bits per heavy atom. The van der Waals surface area contributed by atoms with Gasteiger partial charge in [0.2, 0.25) is 0 Å². The first-order valence-electron chi connectivity index (χ1n) is 4.88. The van der Waals surface area contributed by atoms with Crippen LogP contribution in [0.1, 0.15) is 35.7 Å². The van der Waals surface area contributed by atoms with Crippen LogP contribution >= 0.6 is 0 Å². The van der Waals surface area contributed by atoms with E-state index in [1.807, 2.05) is 18.2 Å². The van der Waals surface area contributed by atoms with Gasteiger partial charge in [-0.2, -0.15) is 0 Å². The fourth-order valence-corrected chi connectivity index (χ4v) is 1.94. The molecule has 1 aliphatic rings. The maximum Gasteiger partial charge on any atom is 0.163 e. The highest BCUT2D eigenvalue weighted by Crippen LogP contribution is 2.23. The molecule has 1 aliphatic carbocycles. The maximum absolute atomic E-state index is 11.7. The summed E-state index contributed by atoms with van der Waals surface area (Å²) in [5.74, 6) is 0.862. The quantitative estimate of drug-likeness (QED) is 0.553. The van der Waals surface area contributed by atoms with E-state index in [4.69, 9.17) is 0 Å². The van der Waals surface area contributed by atoms with Crippen LogP contribution < -0.4 is 0 Å². The van der Waals surface area contributed by atoms with E-state index in [0.717, 1.165) is 24.8 Å². The predicted molar refractivity (Wildman–Crippen MR) is 52.9 cm³/mol. The molecule has 0 amide bonds. The third-order valence-electron chi connectivity index (χ3n) is 2.76. The summed E-state index contributed by atoms with van der Waals surface area (Å²) in [5, 5.41) is 0. The minimum atomic E-state index is 0.320. The molecule has 1 aromatic carbocycles. The molecular formula is C12H14O. The topological polar surface area (TPSA) is 17.1 Å². The van der Waals surface area contributed by atoms with Crippen molar-refractivity contribution in [3.63, 3.8) is 0 Å². The molecule has 0 saturated carbocycles. The number of fused-ring (bicyclic) bond motifs is 1. The lowest BCUT2D eigenvalue weighted by Gasteiger charge is -2.02. The standard InChI is InChI=1S/C12H14O/c1-9-6-7-10-4-2-3-5-11(10)12(13)8-9/h2-5,9H,6-8H2,1H3/t9-/m0/s1. The molecule has 0 unspecified atom stereocenters. The van der Waals surface area contributed by atoms with Crippen LogP contribution in [0.3, 0.4) is 0 Å². The number of carbonyl (C=O) groups is 1. The highest BCUT2D eigenvalue weighted by Gasteiger charge is 2.18. The number of rotatable bonds is 0. The van der Waals surface area contributed by atoms with Crippen molar-refractivity contribution in [3.05, 3.63) is 35.4 Å². The van der Waals surface area contributed by atoms with Gasteiger partial charge in [0.1, 0.15) is 0 Å². The van der Waals surface area contributed by atoms with Crippen LogP contribution in [0.15, 0.2) is 24.3 Å². The van der Waals surface area contributed by atoms with Crippen molar-refractivity contribution < 1.29 is 4.79 Å². The van der Waals surface area contributed by atoms with E-state index < -0.39 is 0 Å². The Labute approximate surface area is 78.8 Å². The molecule has 0 heterocycles. The van der Waals surface area contributed by atoms with Crippen molar-refractivity contribution in [1.82, 2.24) is 0 Å². The first-order chi connectivity index (χ1) is 6.27. The highest BCUT2D eigenvalue weighted by molar-refractivity contribution is 5.97. The van der Waals surface area contributed by atoms with Gasteiger partial charge in [0.15, 0.2) is 5.78 Å². The number of aryl methyl sites for hydroxylation is 1. The number of benzene rings is 1. The molecule has 1 heteroatoms. The van der Waals surface area contributed by atoms with Gasteiger partial charge in [0, 0.05) is 12.0 Å². The third-order valence-corrected chi connectivity index (χ3v) is 2.76. The number of hydrogen-bond donors (Lipinski definition) is 0. The molecule has 1 nitrogen and oxygen atoms in total. The second-order valence-electron chi connectivity index (χ2n) is 3.93. The van der Waals surface area contributed by atoms with Gasteiger partial charge < -0.3 is 0 Å². The average Bonchev–Trinajstić information content (AvgIpc) is 2.27. The van der Waals surface area contributed by atoms with Gasteiger partial charge in [0.25, 0.3) is 0 Å². The number of carbonyl (C=O) groups excluding carboxylic acids is 1. The van der Waals surface area contributed by atoms with Crippen molar-refractivity contribution in [2.75, 3.05) is 0 Å². The van der Waals surface area contributed by atoms with Gasteiger partial charge in [0.05, 0.1) is 0 Å². The molecule has 0 aromatic heterocycles. The van der Waals surface area contributed by atoms with Gasteiger partial charge in [-0.3, -0.25) is 4.79 Å². The zero-order chi connectivity index (χ0) is 9.26. The first-order valence-corrected chi connectivity index (χ1v) is 4.88. The molecule has 0 fully saturated rings. The molecule has 0 spiro atoms. The molecule has 0 saturated heterocycles. The second kappa shape index (κ2) is 3.33. The monoisotopic (exact) mass is 174 g/mol. The van der Waals surface area contributed by atoms with Crippen LogP contribution in [0.4, 0.5) is 0 Å². The molecule has 13 heavy (non-hydrogen) atoms. The minimum absolute atomic E-state index is 0.320. The maximum atomic E-state index is 11.7. The van der Waals surface area contributed by atoms with Crippen LogP contribution in [-0.4, -0.2) is 5.78 Å². The zero-order valence-electron chi connectivity index (χ0n) is 7.92. The lowest BCUT2D eigenvalue weighted by atomic mass is 10.0. The molecule has 1 aromatic rings. The Morgan fingerprint density at radius 3 is 2.92 bits per heavy atom. The van der Waals surface area contributed by atoms with Crippen molar-refractivity contribution in [1.29, 1.82) is 0 Å². The highest BCUT2D eigenvalue weighted by atomic mass is 16.1. The second-order valence-corrected chi connectivity index (χ2v) is 3.93. The Hall–Kier alpha value is -1.11. The largest absolute Gasteiger partial charge is 0.294 e. The van der Waals surface area contributed by atoms with E-state index >= 15 is 0 Å². The first kappa shape index (κ1) is 8.49. The normalized spacial score (nSPS) is 22.2. The van der Waals surface area contributed by atoms with Gasteiger partial charge in [-0.25, -0.2) is 0 Å². The smallest absolute Gasteiger partial charge is 0.163 e. The van der Waals surface area contributed by atoms with Crippen LogP contribution in [0, 0.1) is 5.92 Å². The Kier molecular flexibility index (Phi) is 2.17. The Bertz CT molecular complexity index is 328. The van der Waals surface area contributed by atoms with E-state index in [2.05, 4.69) is 13.0 Å². The minimum Gasteiger partial charge on any atom is -0.294 e. The van der Waals surface area contributed by atoms with Crippen LogP contribution in [0.2, 0.25) is 0 Å². The van der Waals surface area contributed by atoms with Crippen LogP contribution in [0.5, 0.6) is 0 Å². The lowest BCUT2D eigenvalue weighted by molar-refractivity contribution is 0.0967. The number of Topliss-reactive ketones (excluding diaryl/α,β-unsaturated/α-hetero) is 1. The SMILES string of the molecule is C[C@H]1CCc2ccccc2C(=O)C1. The van der Waals surface area contributed by atoms with Crippen molar-refractivity contribution >= 4 is 5.78 Å². The fraction of sp³-hybridized carbons (Fsp3) is 0.417. The van der Waals surface area contributed by atoms with Crippen molar-refractivity contribution in [2.24, 2.45) is 5.92 Å². The predicted octanol–water partition coefficient (Wildman–Crippen LogP) is 2.84. The summed E-state index contributed by atoms with van der Waals surface area (Å²) in [7, 11) is 0. The molecule has 0 aliphatic heterocycles. The van der Waals surface area contributed by atoms with E-state index in [-0.39, 0.29) is 0 Å². The van der Waals surface area contributed by atoms with E-state index in [1.54, 1.807) is 0 Å². The Balaban J connectivity index is 2.40. The van der Waals surface area contributed by atoms with E-state index in [0.29, 0.717) is 11.7 Å². The summed E-state index contributed by atoms with van der Waals surface area (Å²) in [6.45, 7) is 2.16. The summed E-state index contributed by atoms with van der Waals surface area (Å²) in [5.41, 5.74) is 2.18. The molecule has 1 atom stereocenters. The summed E-state index contributed by atoms with van der Waals surface area (Å²) >= 11 is 0. The van der Waals surface area contributed by atoms with E-state index in [1.165, 1.54) is 5.56 Å². The van der Waals surface area contributed by atoms with Gasteiger partial charge in [-0.05, 0) is 24.3 Å². The lowest BCUT2D eigenvalue weighted by Crippen LogP contribution is -2.02.